The van der Waals surface area contributed by atoms with Gasteiger partial charge in [-0.05, 0) is 56.9 Å². The Morgan fingerprint density at radius 3 is 1.48 bits per heavy atom. The van der Waals surface area contributed by atoms with Crippen LogP contribution < -0.4 is 0 Å². The molecule has 0 bridgehead atoms. The molecular weight excluding hydrogens is 574 g/mol. The van der Waals surface area contributed by atoms with Gasteiger partial charge in [0, 0.05) is 21.5 Å². The van der Waals surface area contributed by atoms with Gasteiger partial charge in [0.25, 0.3) is 0 Å². The zero-order chi connectivity index (χ0) is 31.8. The summed E-state index contributed by atoms with van der Waals surface area (Å²) in [5.41, 5.74) is 2.74. The third kappa shape index (κ3) is 4.50. The van der Waals surface area contributed by atoms with Crippen molar-refractivity contribution in [1.29, 1.82) is 15.8 Å². The highest BCUT2D eigenvalue weighted by atomic mass is 16.5. The Morgan fingerprint density at radius 1 is 0.478 bits per heavy atom. The van der Waals surface area contributed by atoms with Gasteiger partial charge in [0.05, 0.1) is 46.0 Å². The van der Waals surface area contributed by atoms with Crippen molar-refractivity contribution in [3.63, 3.8) is 0 Å². The number of benzene rings is 7. The number of fused-ring (bicyclic) bond motifs is 2. The van der Waals surface area contributed by atoms with Crippen molar-refractivity contribution < 1.29 is 19.1 Å². The predicted octanol–water partition coefficient (Wildman–Crippen LogP) is 8.07. The second-order valence-electron chi connectivity index (χ2n) is 10.8. The van der Waals surface area contributed by atoms with Crippen LogP contribution in [0.5, 0.6) is 0 Å². The summed E-state index contributed by atoms with van der Waals surface area (Å²) in [6.45, 7) is 0.113. The molecule has 0 saturated heterocycles. The van der Waals surface area contributed by atoms with E-state index in [4.69, 9.17) is 9.47 Å². The second-order valence-corrected chi connectivity index (χ2v) is 10.8. The number of nitriles is 3. The number of nitrogens with zero attached hydrogens (tertiary/aromatic N) is 3. The third-order valence-corrected chi connectivity index (χ3v) is 8.23. The van der Waals surface area contributed by atoms with Crippen molar-refractivity contribution in [2.24, 2.45) is 0 Å². The average Bonchev–Trinajstić information content (AvgIpc) is 3.11. The Bertz CT molecular complexity index is 2490. The molecule has 0 amide bonds. The zero-order valence-corrected chi connectivity index (χ0v) is 24.2. The number of hydrogen-bond donors (Lipinski definition) is 0. The fourth-order valence-corrected chi connectivity index (χ4v) is 6.21. The predicted molar refractivity (Wildman–Crippen MR) is 173 cm³/mol. The van der Waals surface area contributed by atoms with Crippen LogP contribution in [0.1, 0.15) is 48.5 Å². The summed E-state index contributed by atoms with van der Waals surface area (Å²) in [5.74, 6) is -1.19. The van der Waals surface area contributed by atoms with Crippen molar-refractivity contribution in [3.8, 4) is 18.2 Å². The van der Waals surface area contributed by atoms with E-state index in [1.54, 1.807) is 36.4 Å². The Morgan fingerprint density at radius 2 is 0.935 bits per heavy atom. The Labute approximate surface area is 263 Å². The van der Waals surface area contributed by atoms with Crippen molar-refractivity contribution >= 4 is 55.0 Å². The van der Waals surface area contributed by atoms with Gasteiger partial charge in [0.15, 0.2) is 0 Å². The van der Waals surface area contributed by atoms with E-state index in [-0.39, 0.29) is 41.0 Å². The highest BCUT2D eigenvalue weighted by Gasteiger charge is 2.26. The highest BCUT2D eigenvalue weighted by Crippen LogP contribution is 2.45. The van der Waals surface area contributed by atoms with E-state index in [0.29, 0.717) is 43.1 Å². The van der Waals surface area contributed by atoms with Gasteiger partial charge in [0.1, 0.15) is 13.2 Å². The van der Waals surface area contributed by atoms with Gasteiger partial charge in [-0.2, -0.15) is 15.8 Å². The topological polar surface area (TPSA) is 124 Å². The van der Waals surface area contributed by atoms with Crippen LogP contribution in [0.15, 0.2) is 103 Å². The van der Waals surface area contributed by atoms with E-state index in [2.05, 4.69) is 18.2 Å². The SMILES string of the molecule is N#Cc1ccc2c3ccc(C(=O)OCc4ccccc4)c4c(C#N)cc(C#N)c(c5ccc(C(=O)OCc6ccccc6)c1c25)c43. The maximum atomic E-state index is 13.5. The third-order valence-electron chi connectivity index (χ3n) is 8.23. The summed E-state index contributed by atoms with van der Waals surface area (Å²) >= 11 is 0. The van der Waals surface area contributed by atoms with Gasteiger partial charge in [-0.15, -0.1) is 0 Å². The molecule has 7 rings (SSSR count). The number of esters is 2. The molecule has 0 saturated carbocycles. The van der Waals surface area contributed by atoms with Crippen LogP contribution in [0, 0.1) is 34.0 Å². The molecule has 7 aromatic carbocycles. The van der Waals surface area contributed by atoms with Gasteiger partial charge in [-0.1, -0.05) is 78.9 Å². The first-order chi connectivity index (χ1) is 22.5. The first kappa shape index (κ1) is 28.0. The molecule has 7 aromatic rings. The molecule has 46 heavy (non-hydrogen) atoms. The monoisotopic (exact) mass is 595 g/mol. The number of hydrogen-bond acceptors (Lipinski definition) is 7. The zero-order valence-electron chi connectivity index (χ0n) is 24.2. The molecule has 0 N–H and O–H groups in total. The van der Waals surface area contributed by atoms with Crippen molar-refractivity contribution in [3.05, 3.63) is 142 Å². The summed E-state index contributed by atoms with van der Waals surface area (Å²) in [4.78, 5) is 27.0. The van der Waals surface area contributed by atoms with Crippen LogP contribution in [-0.2, 0) is 22.7 Å². The number of carbonyl (C=O) groups excluding carboxylic acids is 2. The molecule has 0 aliphatic rings. The number of rotatable bonds is 6. The summed E-state index contributed by atoms with van der Waals surface area (Å²) in [6, 6.07) is 36.8. The standard InChI is InChI=1S/C39H21N3O4/c40-18-25-11-12-28-29-13-15-32(39(44)46-22-24-9-5-2-6-10-24)35-27(20-42)17-26(19-41)34(37(29)35)30-14-16-31(33(25)36(28)30)38(43)45-21-23-7-3-1-4-8-23/h1-17H,21-22H2. The summed E-state index contributed by atoms with van der Waals surface area (Å²) in [5, 5.41) is 35.0. The Hall–Kier alpha value is -6.75. The quantitative estimate of drug-likeness (QED) is 0.108. The summed E-state index contributed by atoms with van der Waals surface area (Å²) < 4.78 is 11.3. The van der Waals surface area contributed by atoms with Gasteiger partial charge >= 0.3 is 11.9 Å². The lowest BCUT2D eigenvalue weighted by molar-refractivity contribution is 0.0466. The van der Waals surface area contributed by atoms with Crippen LogP contribution >= 0.6 is 0 Å². The molecule has 0 unspecified atom stereocenters. The number of carbonyl (C=O) groups is 2. The summed E-state index contributed by atoms with van der Waals surface area (Å²) in [7, 11) is 0. The van der Waals surface area contributed by atoms with Gasteiger partial charge < -0.3 is 9.47 Å². The minimum Gasteiger partial charge on any atom is -0.457 e. The van der Waals surface area contributed by atoms with E-state index in [1.807, 2.05) is 60.7 Å². The highest BCUT2D eigenvalue weighted by molar-refractivity contribution is 6.37. The minimum absolute atomic E-state index is 0.0518. The van der Waals surface area contributed by atoms with E-state index in [0.717, 1.165) is 11.1 Å². The molecule has 7 nitrogen and oxygen atoms in total. The lowest BCUT2D eigenvalue weighted by atomic mass is 9.83. The van der Waals surface area contributed by atoms with Gasteiger partial charge in [-0.25, -0.2) is 9.59 Å². The lowest BCUT2D eigenvalue weighted by Gasteiger charge is -2.19. The van der Waals surface area contributed by atoms with Gasteiger partial charge in [-0.3, -0.25) is 0 Å². The molecule has 0 atom stereocenters. The van der Waals surface area contributed by atoms with E-state index >= 15 is 0 Å². The molecule has 0 fully saturated rings. The second kappa shape index (κ2) is 11.4. The molecule has 0 radical (unpaired) electrons. The number of ether oxygens (including phenoxy) is 2. The van der Waals surface area contributed by atoms with E-state index in [9.17, 15) is 25.4 Å². The molecule has 0 heterocycles. The van der Waals surface area contributed by atoms with Crippen molar-refractivity contribution in [2.75, 3.05) is 0 Å². The first-order valence-electron chi connectivity index (χ1n) is 14.4. The fraction of sp³-hybridized carbons (Fsp3) is 0.0513. The van der Waals surface area contributed by atoms with Gasteiger partial charge in [0.2, 0.25) is 0 Å². The first-order valence-corrected chi connectivity index (χ1v) is 14.4. The van der Waals surface area contributed by atoms with Crippen molar-refractivity contribution in [2.45, 2.75) is 13.2 Å². The average molecular weight is 596 g/mol. The van der Waals surface area contributed by atoms with Crippen LogP contribution in [0.2, 0.25) is 0 Å². The van der Waals surface area contributed by atoms with Crippen LogP contribution in [0.4, 0.5) is 0 Å². The lowest BCUT2D eigenvalue weighted by Crippen LogP contribution is -2.08. The maximum absolute atomic E-state index is 13.5. The maximum Gasteiger partial charge on any atom is 0.339 e. The largest absolute Gasteiger partial charge is 0.457 e. The van der Waals surface area contributed by atoms with Crippen LogP contribution in [0.25, 0.3) is 43.1 Å². The van der Waals surface area contributed by atoms with Crippen molar-refractivity contribution in [1.82, 2.24) is 0 Å². The molecule has 0 aromatic heterocycles. The van der Waals surface area contributed by atoms with E-state index in [1.165, 1.54) is 6.07 Å². The van der Waals surface area contributed by atoms with E-state index < -0.39 is 11.9 Å². The molecule has 0 aliphatic carbocycles. The Kier molecular flexibility index (Phi) is 6.95. The van der Waals surface area contributed by atoms with Crippen LogP contribution in [-0.4, -0.2) is 11.9 Å². The Balaban J connectivity index is 1.48. The molecular formula is C39H21N3O4. The molecule has 7 heteroatoms. The summed E-state index contributed by atoms with van der Waals surface area (Å²) in [6.07, 6.45) is 0. The van der Waals surface area contributed by atoms with Crippen LogP contribution in [0.3, 0.4) is 0 Å². The molecule has 0 aliphatic heterocycles. The normalized spacial score (nSPS) is 10.9. The smallest absolute Gasteiger partial charge is 0.339 e. The fourth-order valence-electron chi connectivity index (χ4n) is 6.21. The molecule has 0 spiro atoms. The minimum atomic E-state index is -0.602. The molecule has 216 valence electrons.